The largest absolute Gasteiger partial charge is 0.490 e. The van der Waals surface area contributed by atoms with Crippen LogP contribution in [-0.2, 0) is 31.3 Å². The molecule has 4 aliphatic heterocycles. The summed E-state index contributed by atoms with van der Waals surface area (Å²) in [5.74, 6) is 0.998. The number of ether oxygens (including phenoxy) is 3. The van der Waals surface area contributed by atoms with Crippen LogP contribution >= 0.6 is 23.2 Å². The molecule has 9 nitrogen and oxygen atoms in total. The summed E-state index contributed by atoms with van der Waals surface area (Å²) in [6.07, 6.45) is 7.43. The maximum atomic E-state index is 13.6. The minimum Gasteiger partial charge on any atom is -0.490 e. The number of likely N-dealkylation sites (tertiary alicyclic amines) is 1. The number of nitrogens with one attached hydrogen (secondary N) is 1. The molecule has 1 amide bonds. The van der Waals surface area contributed by atoms with E-state index in [4.69, 9.17) is 37.4 Å². The first-order valence-corrected chi connectivity index (χ1v) is 21.3. The Balaban J connectivity index is 1.13. The zero-order valence-corrected chi connectivity index (χ0v) is 32.0. The van der Waals surface area contributed by atoms with Crippen molar-refractivity contribution in [2.24, 2.45) is 23.7 Å². The van der Waals surface area contributed by atoms with Crippen LogP contribution in [0.1, 0.15) is 80.3 Å². The number of rotatable bonds is 2. The average molecular weight is 761 g/mol. The van der Waals surface area contributed by atoms with E-state index in [2.05, 4.69) is 26.7 Å². The van der Waals surface area contributed by atoms with E-state index >= 15 is 0 Å². The summed E-state index contributed by atoms with van der Waals surface area (Å²) in [5, 5.41) is 0.227. The molecule has 2 aromatic carbocycles. The lowest BCUT2D eigenvalue weighted by atomic mass is 9.64. The molecule has 6 atom stereocenters. The zero-order chi connectivity index (χ0) is 35.5. The van der Waals surface area contributed by atoms with Crippen LogP contribution in [0.3, 0.4) is 0 Å². The van der Waals surface area contributed by atoms with Crippen LogP contribution in [-0.4, -0.2) is 88.2 Å². The Morgan fingerprint density at radius 2 is 1.75 bits per heavy atom. The number of hydrogen-bond acceptors (Lipinski definition) is 8. The topological polar surface area (TPSA) is 97.4 Å². The maximum Gasteiger partial charge on any atom is 0.264 e. The van der Waals surface area contributed by atoms with Crippen LogP contribution in [0.25, 0.3) is 0 Å². The molecule has 2 aliphatic carbocycles. The van der Waals surface area contributed by atoms with E-state index in [9.17, 15) is 13.2 Å². The third kappa shape index (κ3) is 7.03. The summed E-state index contributed by atoms with van der Waals surface area (Å²) in [7, 11) is -3.91. The first kappa shape index (κ1) is 35.9. The number of benzene rings is 2. The van der Waals surface area contributed by atoms with E-state index in [0.717, 1.165) is 94.0 Å². The summed E-state index contributed by atoms with van der Waals surface area (Å²) in [4.78, 5) is 18.4. The van der Waals surface area contributed by atoms with Crippen molar-refractivity contribution in [3.05, 3.63) is 58.1 Å². The van der Waals surface area contributed by atoms with Gasteiger partial charge in [0, 0.05) is 48.1 Å². The van der Waals surface area contributed by atoms with Gasteiger partial charge in [-0.3, -0.25) is 9.69 Å². The molecule has 2 bridgehead atoms. The zero-order valence-electron chi connectivity index (χ0n) is 29.7. The monoisotopic (exact) mass is 759 g/mol. The second kappa shape index (κ2) is 14.3. The fourth-order valence-electron chi connectivity index (χ4n) is 9.69. The van der Waals surface area contributed by atoms with Gasteiger partial charge in [0.15, 0.2) is 6.29 Å². The highest BCUT2D eigenvalue weighted by Crippen LogP contribution is 2.49. The molecule has 4 heterocycles. The van der Waals surface area contributed by atoms with Gasteiger partial charge in [-0.15, -0.1) is 11.6 Å². The Morgan fingerprint density at radius 3 is 2.49 bits per heavy atom. The molecule has 2 aromatic rings. The van der Waals surface area contributed by atoms with Crippen molar-refractivity contribution in [2.45, 2.75) is 93.6 Å². The number of carbonyl (C=O) groups excluding carboxylic acids is 1. The Morgan fingerprint density at radius 1 is 0.941 bits per heavy atom. The molecule has 0 aromatic heterocycles. The summed E-state index contributed by atoms with van der Waals surface area (Å²) < 4.78 is 49.3. The van der Waals surface area contributed by atoms with Crippen LogP contribution in [0.2, 0.25) is 5.02 Å². The van der Waals surface area contributed by atoms with Crippen molar-refractivity contribution in [3.63, 3.8) is 0 Å². The molecule has 2 saturated heterocycles. The maximum absolute atomic E-state index is 13.6. The summed E-state index contributed by atoms with van der Waals surface area (Å²) in [5.41, 5.74) is 3.47. The Hall–Kier alpha value is -2.08. The smallest absolute Gasteiger partial charge is 0.264 e. The molecule has 8 rings (SSSR count). The number of alkyl halides is 1. The number of halogens is 2. The number of amides is 1. The van der Waals surface area contributed by atoms with Gasteiger partial charge in [-0.05, 0) is 111 Å². The predicted molar refractivity (Wildman–Crippen MR) is 199 cm³/mol. The molecule has 1 N–H and O–H groups in total. The third-order valence-corrected chi connectivity index (χ3v) is 15.6. The Bertz CT molecular complexity index is 1730. The van der Waals surface area contributed by atoms with Crippen molar-refractivity contribution in [1.29, 1.82) is 0 Å². The van der Waals surface area contributed by atoms with E-state index in [1.807, 2.05) is 25.1 Å². The number of sulfonamides is 1. The molecule has 0 unspecified atom stereocenters. The molecule has 1 saturated carbocycles. The van der Waals surface area contributed by atoms with Gasteiger partial charge in [-0.1, -0.05) is 31.0 Å². The van der Waals surface area contributed by atoms with Gasteiger partial charge in [0.1, 0.15) is 5.75 Å². The van der Waals surface area contributed by atoms with Crippen LogP contribution < -0.4 is 14.4 Å². The van der Waals surface area contributed by atoms with Gasteiger partial charge in [-0.25, -0.2) is 13.1 Å². The van der Waals surface area contributed by atoms with Gasteiger partial charge < -0.3 is 19.1 Å². The average Bonchev–Trinajstić information content (AvgIpc) is 3.24. The van der Waals surface area contributed by atoms with E-state index < -0.39 is 21.2 Å². The predicted octanol–water partition coefficient (Wildman–Crippen LogP) is 6.39. The molecule has 3 fully saturated rings. The van der Waals surface area contributed by atoms with Gasteiger partial charge in [0.05, 0.1) is 42.2 Å². The molecule has 6 aliphatic rings. The molecule has 0 radical (unpaired) electrons. The number of anilines is 1. The van der Waals surface area contributed by atoms with Gasteiger partial charge in [0.2, 0.25) is 10.0 Å². The van der Waals surface area contributed by atoms with Crippen molar-refractivity contribution in [1.82, 2.24) is 9.62 Å². The van der Waals surface area contributed by atoms with Crippen LogP contribution in [0.5, 0.6) is 5.75 Å². The van der Waals surface area contributed by atoms with E-state index in [1.165, 1.54) is 11.1 Å². The van der Waals surface area contributed by atoms with Crippen molar-refractivity contribution in [3.8, 4) is 5.75 Å². The van der Waals surface area contributed by atoms with Gasteiger partial charge in [-0.2, -0.15) is 0 Å². The SMILES string of the molecule is C[C@@H]1[C@@H](C)CCC[C@H](C2OCC(N3CC(Cl)C3)CO2)[C@@H]2CC[C@H]2CN2C[C@@]3(CCCc4cc(Cl)ccc43)COc3ccc(cc32)C(=O)NS1(=O)=O. The highest BCUT2D eigenvalue weighted by molar-refractivity contribution is 7.90. The van der Waals surface area contributed by atoms with E-state index in [-0.39, 0.29) is 35.0 Å². The number of aryl methyl sites for hydroxylation is 1. The first-order chi connectivity index (χ1) is 24.5. The number of carbonyl (C=O) groups is 1. The molecule has 278 valence electrons. The molecular weight excluding hydrogens is 709 g/mol. The highest BCUT2D eigenvalue weighted by Gasteiger charge is 2.47. The molecular formula is C39H51Cl2N3O6S. The lowest BCUT2D eigenvalue weighted by Crippen LogP contribution is -2.59. The quantitative estimate of drug-likeness (QED) is 0.352. The molecule has 51 heavy (non-hydrogen) atoms. The summed E-state index contributed by atoms with van der Waals surface area (Å²) in [6, 6.07) is 11.9. The normalized spacial score (nSPS) is 36.0. The van der Waals surface area contributed by atoms with E-state index in [1.54, 1.807) is 13.0 Å². The fraction of sp³-hybridized carbons (Fsp3) is 0.667. The Labute approximate surface area is 312 Å². The van der Waals surface area contributed by atoms with Crippen LogP contribution in [0.4, 0.5) is 5.69 Å². The standard InChI is InChI=1S/C39H51Cl2N3O6S/c1-24-5-3-7-33(38-48-20-31(21-49-38)43-18-30(41)19-43)32-11-8-28(32)17-44-22-39(14-4-6-26-15-29(40)10-12-34(26)39)23-50-36-13-9-27(16-35(36)44)37(45)42-51(46,47)25(24)2/h9-10,12-13,15-16,24-25,28,30-33,38H,3-8,11,14,17-23H2,1-2H3,(H,42,45)/t24-,25+,28-,31?,32+,33-,38?,39-/m0/s1. The number of fused-ring (bicyclic) bond motifs is 4. The first-order valence-electron chi connectivity index (χ1n) is 19.0. The van der Waals surface area contributed by atoms with E-state index in [0.29, 0.717) is 37.2 Å². The summed E-state index contributed by atoms with van der Waals surface area (Å²) in [6.45, 7) is 8.76. The third-order valence-electron chi connectivity index (χ3n) is 13.1. The highest BCUT2D eigenvalue weighted by atomic mass is 35.5. The van der Waals surface area contributed by atoms with Crippen molar-refractivity contribution < 1.29 is 27.4 Å². The van der Waals surface area contributed by atoms with Gasteiger partial charge in [0.25, 0.3) is 5.91 Å². The second-order valence-corrected chi connectivity index (χ2v) is 19.4. The lowest BCUT2D eigenvalue weighted by molar-refractivity contribution is -0.246. The number of hydrogen-bond donors (Lipinski definition) is 1. The fourth-order valence-corrected chi connectivity index (χ4v) is 11.6. The molecule has 1 spiro atoms. The van der Waals surface area contributed by atoms with Crippen molar-refractivity contribution >= 4 is 44.8 Å². The minimum atomic E-state index is -3.91. The number of nitrogens with zero attached hydrogens (tertiary/aromatic N) is 2. The Kier molecular flexibility index (Phi) is 10.1. The van der Waals surface area contributed by atoms with Crippen molar-refractivity contribution in [2.75, 3.05) is 50.9 Å². The minimum absolute atomic E-state index is 0.131. The second-order valence-electron chi connectivity index (χ2n) is 16.3. The summed E-state index contributed by atoms with van der Waals surface area (Å²) >= 11 is 12.8. The lowest BCUT2D eigenvalue weighted by Gasteiger charge is -2.50. The van der Waals surface area contributed by atoms with Crippen LogP contribution in [0, 0.1) is 23.7 Å². The van der Waals surface area contributed by atoms with Gasteiger partial charge >= 0.3 is 0 Å². The molecule has 12 heteroatoms. The van der Waals surface area contributed by atoms with Crippen LogP contribution in [0.15, 0.2) is 36.4 Å².